The first-order chi connectivity index (χ1) is 11.2. The summed E-state index contributed by atoms with van der Waals surface area (Å²) in [6.45, 7) is 6.13. The van der Waals surface area contributed by atoms with Crippen molar-refractivity contribution in [3.8, 4) is 0 Å². The molecule has 1 unspecified atom stereocenters. The molecule has 0 aromatic carbocycles. The van der Waals surface area contributed by atoms with Crippen LogP contribution in [0.5, 0.6) is 0 Å². The monoisotopic (exact) mass is 353 g/mol. The summed E-state index contributed by atoms with van der Waals surface area (Å²) >= 11 is 0. The quantitative estimate of drug-likeness (QED) is 0.273. The van der Waals surface area contributed by atoms with Gasteiger partial charge in [0, 0.05) is 12.6 Å². The van der Waals surface area contributed by atoms with E-state index in [1.165, 1.54) is 0 Å². The van der Waals surface area contributed by atoms with E-state index in [9.17, 15) is 8.42 Å². The molecule has 134 valence electrons. The van der Waals surface area contributed by atoms with Crippen LogP contribution in [0.3, 0.4) is 0 Å². The third-order valence-electron chi connectivity index (χ3n) is 4.42. The summed E-state index contributed by atoms with van der Waals surface area (Å²) in [5.74, 6) is -0.239. The lowest BCUT2D eigenvalue weighted by Gasteiger charge is -2.38. The molecule has 1 aliphatic rings. The highest BCUT2D eigenvalue weighted by molar-refractivity contribution is 7.85. The molecule has 1 saturated carbocycles. The topological polar surface area (TPSA) is 75.6 Å². The Balaban J connectivity index is 2.87. The van der Waals surface area contributed by atoms with E-state index in [4.69, 9.17) is 17.1 Å². The first-order valence-corrected chi connectivity index (χ1v) is 9.86. The lowest BCUT2D eigenvalue weighted by Crippen LogP contribution is -2.54. The minimum Gasteiger partial charge on any atom is -0.375 e. The second kappa shape index (κ2) is 9.56. The van der Waals surface area contributed by atoms with Gasteiger partial charge in [-0.3, -0.25) is 4.55 Å². The van der Waals surface area contributed by atoms with Gasteiger partial charge in [0.25, 0.3) is 10.1 Å². The van der Waals surface area contributed by atoms with E-state index in [0.29, 0.717) is 18.4 Å². The van der Waals surface area contributed by atoms with Crippen LogP contribution in [-0.2, 0) is 14.9 Å². The molecular formula is C17H28BNO4S. The fraction of sp³-hybridized carbons (Fsp3) is 0.647. The maximum Gasteiger partial charge on any atom is 0.264 e. The average molecular weight is 353 g/mol. The summed E-state index contributed by atoms with van der Waals surface area (Å²) in [5, 5.41) is 3.49. The van der Waals surface area contributed by atoms with Crippen LogP contribution in [0.25, 0.3) is 0 Å². The van der Waals surface area contributed by atoms with Gasteiger partial charge in [0.2, 0.25) is 0 Å². The maximum atomic E-state index is 10.9. The molecule has 1 aliphatic carbocycles. The molecule has 0 bridgehead atoms. The van der Waals surface area contributed by atoms with Crippen LogP contribution in [0.4, 0.5) is 0 Å². The zero-order chi connectivity index (χ0) is 18.2. The third kappa shape index (κ3) is 6.55. The molecule has 2 radical (unpaired) electrons. The normalized spacial score (nSPS) is 19.7. The van der Waals surface area contributed by atoms with Gasteiger partial charge < -0.3 is 10.1 Å². The van der Waals surface area contributed by atoms with Crippen LogP contribution >= 0.6 is 0 Å². The number of hydrogen-bond acceptors (Lipinski definition) is 4. The molecule has 0 aromatic rings. The first-order valence-electron chi connectivity index (χ1n) is 8.26. The second-order valence-corrected chi connectivity index (χ2v) is 7.81. The molecule has 1 atom stereocenters. The Kier molecular flexibility index (Phi) is 8.43. The molecule has 0 amide bonds. The largest absolute Gasteiger partial charge is 0.375 e. The number of rotatable bonds is 10. The zero-order valence-electron chi connectivity index (χ0n) is 14.6. The number of methoxy groups -OCH3 is 1. The van der Waals surface area contributed by atoms with Crippen molar-refractivity contribution in [3.63, 3.8) is 0 Å². The smallest absolute Gasteiger partial charge is 0.264 e. The van der Waals surface area contributed by atoms with Crippen molar-refractivity contribution in [3.05, 3.63) is 35.9 Å². The van der Waals surface area contributed by atoms with Gasteiger partial charge in [-0.1, -0.05) is 31.1 Å². The summed E-state index contributed by atoms with van der Waals surface area (Å²) in [4.78, 5) is 0. The number of ether oxygens (including phenoxy) is 1. The molecule has 2 N–H and O–H groups in total. The molecule has 0 heterocycles. The van der Waals surface area contributed by atoms with Gasteiger partial charge >= 0.3 is 0 Å². The number of hydrogen-bond donors (Lipinski definition) is 2. The summed E-state index contributed by atoms with van der Waals surface area (Å²) in [5.41, 5.74) is 1.25. The van der Waals surface area contributed by atoms with Gasteiger partial charge in [-0.2, -0.15) is 8.42 Å². The van der Waals surface area contributed by atoms with E-state index in [2.05, 4.69) is 11.9 Å². The van der Waals surface area contributed by atoms with Gasteiger partial charge in [-0.25, -0.2) is 0 Å². The Morgan fingerprint density at radius 3 is 2.50 bits per heavy atom. The minimum atomic E-state index is -3.92. The Hall–Kier alpha value is -0.885. The van der Waals surface area contributed by atoms with Crippen LogP contribution in [0.15, 0.2) is 35.9 Å². The molecule has 24 heavy (non-hydrogen) atoms. The van der Waals surface area contributed by atoms with Crippen LogP contribution in [0.2, 0.25) is 0 Å². The fourth-order valence-corrected chi connectivity index (χ4v) is 3.86. The van der Waals surface area contributed by atoms with E-state index in [0.717, 1.165) is 31.3 Å². The standard InChI is InChI=1S/C17H28BNO4S/c1-4-15(9-8-14(2)18)16(23-3)17(10-5-6-11-17)19-12-7-13-24(20,21)22/h4,8-9,16,19H,2,5-7,10-13H2,1,3H3,(H,20,21,22)/b9-8-,15-4+. The van der Waals surface area contributed by atoms with E-state index in [-0.39, 0.29) is 17.4 Å². The minimum absolute atomic E-state index is 0.161. The second-order valence-electron chi connectivity index (χ2n) is 6.24. The highest BCUT2D eigenvalue weighted by atomic mass is 32.2. The Morgan fingerprint density at radius 1 is 1.42 bits per heavy atom. The van der Waals surface area contributed by atoms with Crippen molar-refractivity contribution in [2.45, 2.75) is 50.7 Å². The molecule has 7 heteroatoms. The van der Waals surface area contributed by atoms with Crippen molar-refractivity contribution in [2.24, 2.45) is 0 Å². The van der Waals surface area contributed by atoms with Gasteiger partial charge in [-0.05, 0) is 38.3 Å². The predicted molar refractivity (Wildman–Crippen MR) is 98.8 cm³/mol. The van der Waals surface area contributed by atoms with Crippen LogP contribution in [0, 0.1) is 0 Å². The highest BCUT2D eigenvalue weighted by Crippen LogP contribution is 2.37. The van der Waals surface area contributed by atoms with Gasteiger partial charge in [0.15, 0.2) is 0 Å². The lowest BCUT2D eigenvalue weighted by atomic mass is 9.84. The summed E-state index contributed by atoms with van der Waals surface area (Å²) in [7, 11) is 3.37. The molecule has 1 rings (SSSR count). The average Bonchev–Trinajstić information content (AvgIpc) is 2.96. The number of allylic oxidation sites excluding steroid dienone is 3. The fourth-order valence-electron chi connectivity index (χ4n) is 3.35. The Morgan fingerprint density at radius 2 is 2.04 bits per heavy atom. The highest BCUT2D eigenvalue weighted by Gasteiger charge is 2.42. The van der Waals surface area contributed by atoms with Crippen molar-refractivity contribution < 1.29 is 17.7 Å². The lowest BCUT2D eigenvalue weighted by molar-refractivity contribution is 0.0471. The van der Waals surface area contributed by atoms with Crippen LogP contribution < -0.4 is 5.32 Å². The van der Waals surface area contributed by atoms with E-state index >= 15 is 0 Å². The van der Waals surface area contributed by atoms with Crippen molar-refractivity contribution >= 4 is 18.0 Å². The van der Waals surface area contributed by atoms with Crippen LogP contribution in [-0.4, -0.2) is 51.9 Å². The van der Waals surface area contributed by atoms with Gasteiger partial charge in [0.05, 0.1) is 11.9 Å². The van der Waals surface area contributed by atoms with E-state index in [1.54, 1.807) is 13.2 Å². The van der Waals surface area contributed by atoms with Crippen molar-refractivity contribution in [1.29, 1.82) is 0 Å². The molecule has 0 saturated heterocycles. The third-order valence-corrected chi connectivity index (χ3v) is 5.22. The van der Waals surface area contributed by atoms with Gasteiger partial charge in [0.1, 0.15) is 7.85 Å². The SMILES string of the molecule is [B]C(=C)/C=C\C(=C/C)C(OC)C1(NCCCS(=O)(=O)O)CCCC1. The molecule has 5 nitrogen and oxygen atoms in total. The predicted octanol–water partition coefficient (Wildman–Crippen LogP) is 2.37. The molecule has 0 spiro atoms. The summed E-state index contributed by atoms with van der Waals surface area (Å²) in [6, 6.07) is 0. The summed E-state index contributed by atoms with van der Waals surface area (Å²) in [6.07, 6.45) is 9.94. The van der Waals surface area contributed by atoms with E-state index in [1.807, 2.05) is 19.1 Å². The van der Waals surface area contributed by atoms with Crippen molar-refractivity contribution in [2.75, 3.05) is 19.4 Å². The summed E-state index contributed by atoms with van der Waals surface area (Å²) < 4.78 is 36.4. The molecule has 1 fully saturated rings. The van der Waals surface area contributed by atoms with E-state index < -0.39 is 10.1 Å². The zero-order valence-corrected chi connectivity index (χ0v) is 15.4. The molecule has 0 aliphatic heterocycles. The number of nitrogens with one attached hydrogen (secondary N) is 1. The van der Waals surface area contributed by atoms with Crippen LogP contribution in [0.1, 0.15) is 39.0 Å². The maximum absolute atomic E-state index is 10.9. The van der Waals surface area contributed by atoms with Crippen molar-refractivity contribution in [1.82, 2.24) is 5.32 Å². The Labute approximate surface area is 147 Å². The van der Waals surface area contributed by atoms with Gasteiger partial charge in [-0.15, -0.1) is 12.1 Å². The Bertz CT molecular complexity index is 577. The molecular weight excluding hydrogens is 325 g/mol. The molecule has 0 aromatic heterocycles. The first kappa shape index (κ1) is 21.2.